The van der Waals surface area contributed by atoms with Crippen molar-refractivity contribution >= 4 is 0 Å². The third-order valence-corrected chi connectivity index (χ3v) is 2.61. The monoisotopic (exact) mass is 220 g/mol. The van der Waals surface area contributed by atoms with Crippen LogP contribution < -0.4 is 4.74 Å². The Morgan fingerprint density at radius 3 is 2.75 bits per heavy atom. The fourth-order valence-corrected chi connectivity index (χ4v) is 1.50. The standard InChI is InChI=1S/C14H20O2/c1-4-14(3,15)11-10-12-8-6-7-9-13(12)16-5-2/h4,6-9,15H,1,5,10-11H2,2-3H3. The summed E-state index contributed by atoms with van der Waals surface area (Å²) < 4.78 is 5.53. The van der Waals surface area contributed by atoms with Gasteiger partial charge in [-0.3, -0.25) is 0 Å². The molecule has 0 saturated carbocycles. The molecular weight excluding hydrogens is 200 g/mol. The van der Waals surface area contributed by atoms with Crippen LogP contribution in [-0.2, 0) is 6.42 Å². The van der Waals surface area contributed by atoms with Crippen molar-refractivity contribution in [2.24, 2.45) is 0 Å². The summed E-state index contributed by atoms with van der Waals surface area (Å²) in [6.07, 6.45) is 3.02. The normalized spacial score (nSPS) is 14.2. The molecule has 0 radical (unpaired) electrons. The Bertz CT molecular complexity index is 342. The molecule has 1 aromatic carbocycles. The Morgan fingerprint density at radius 1 is 1.44 bits per heavy atom. The SMILES string of the molecule is C=CC(C)(O)CCc1ccccc1OCC. The van der Waals surface area contributed by atoms with E-state index in [2.05, 4.69) is 6.58 Å². The second-order valence-corrected chi connectivity index (χ2v) is 4.10. The van der Waals surface area contributed by atoms with E-state index in [0.717, 1.165) is 17.7 Å². The topological polar surface area (TPSA) is 29.5 Å². The van der Waals surface area contributed by atoms with E-state index in [0.29, 0.717) is 13.0 Å². The summed E-state index contributed by atoms with van der Waals surface area (Å²) in [5, 5.41) is 9.85. The molecule has 0 heterocycles. The molecule has 0 saturated heterocycles. The zero-order valence-corrected chi connectivity index (χ0v) is 10.1. The zero-order valence-electron chi connectivity index (χ0n) is 10.1. The van der Waals surface area contributed by atoms with Crippen LogP contribution in [0.5, 0.6) is 5.75 Å². The second kappa shape index (κ2) is 5.71. The molecule has 0 spiro atoms. The summed E-state index contributed by atoms with van der Waals surface area (Å²) in [7, 11) is 0. The molecular formula is C14H20O2. The van der Waals surface area contributed by atoms with Gasteiger partial charge in [0.1, 0.15) is 5.75 Å². The Hall–Kier alpha value is -1.28. The van der Waals surface area contributed by atoms with E-state index < -0.39 is 5.60 Å². The van der Waals surface area contributed by atoms with E-state index >= 15 is 0 Å². The molecule has 88 valence electrons. The van der Waals surface area contributed by atoms with Crippen LogP contribution in [0.2, 0.25) is 0 Å². The maximum absolute atomic E-state index is 9.85. The highest BCUT2D eigenvalue weighted by Gasteiger charge is 2.15. The lowest BCUT2D eigenvalue weighted by molar-refractivity contribution is 0.102. The summed E-state index contributed by atoms with van der Waals surface area (Å²) in [4.78, 5) is 0. The third kappa shape index (κ3) is 3.70. The van der Waals surface area contributed by atoms with Gasteiger partial charge in [0, 0.05) is 0 Å². The first-order valence-electron chi connectivity index (χ1n) is 5.65. The summed E-state index contributed by atoms with van der Waals surface area (Å²) in [6.45, 7) is 8.02. The number of para-hydroxylation sites is 1. The van der Waals surface area contributed by atoms with Gasteiger partial charge in [-0.15, -0.1) is 6.58 Å². The highest BCUT2D eigenvalue weighted by Crippen LogP contribution is 2.22. The summed E-state index contributed by atoms with van der Waals surface area (Å²) in [6, 6.07) is 7.94. The molecule has 2 nitrogen and oxygen atoms in total. The fourth-order valence-electron chi connectivity index (χ4n) is 1.50. The van der Waals surface area contributed by atoms with Crippen LogP contribution in [0.4, 0.5) is 0 Å². The predicted octanol–water partition coefficient (Wildman–Crippen LogP) is 2.95. The number of benzene rings is 1. The molecule has 0 aromatic heterocycles. The number of rotatable bonds is 6. The maximum Gasteiger partial charge on any atom is 0.122 e. The van der Waals surface area contributed by atoms with Gasteiger partial charge in [-0.1, -0.05) is 24.3 Å². The van der Waals surface area contributed by atoms with Gasteiger partial charge in [0.25, 0.3) is 0 Å². The molecule has 0 aliphatic rings. The van der Waals surface area contributed by atoms with Crippen LogP contribution in [0.15, 0.2) is 36.9 Å². The molecule has 0 fully saturated rings. The Balaban J connectivity index is 2.69. The first kappa shape index (κ1) is 12.8. The number of aryl methyl sites for hydroxylation is 1. The van der Waals surface area contributed by atoms with Gasteiger partial charge in [-0.25, -0.2) is 0 Å². The molecule has 2 heteroatoms. The molecule has 0 aliphatic carbocycles. The van der Waals surface area contributed by atoms with Crippen LogP contribution in [0.25, 0.3) is 0 Å². The minimum Gasteiger partial charge on any atom is -0.494 e. The Morgan fingerprint density at radius 2 is 2.12 bits per heavy atom. The molecule has 1 N–H and O–H groups in total. The predicted molar refractivity (Wildman–Crippen MR) is 66.8 cm³/mol. The molecule has 1 unspecified atom stereocenters. The number of hydrogen-bond donors (Lipinski definition) is 1. The lowest BCUT2D eigenvalue weighted by atomic mass is 9.97. The van der Waals surface area contributed by atoms with Crippen molar-refractivity contribution in [1.82, 2.24) is 0 Å². The fraction of sp³-hybridized carbons (Fsp3) is 0.429. The molecule has 1 atom stereocenters. The smallest absolute Gasteiger partial charge is 0.122 e. The van der Waals surface area contributed by atoms with Gasteiger partial charge in [-0.05, 0) is 38.3 Å². The van der Waals surface area contributed by atoms with Crippen LogP contribution in [0.3, 0.4) is 0 Å². The van der Waals surface area contributed by atoms with Gasteiger partial charge < -0.3 is 9.84 Å². The van der Waals surface area contributed by atoms with Gasteiger partial charge in [0.15, 0.2) is 0 Å². The second-order valence-electron chi connectivity index (χ2n) is 4.10. The first-order chi connectivity index (χ1) is 7.59. The molecule has 0 bridgehead atoms. The van der Waals surface area contributed by atoms with E-state index in [4.69, 9.17) is 4.74 Å². The first-order valence-corrected chi connectivity index (χ1v) is 5.65. The van der Waals surface area contributed by atoms with Crippen molar-refractivity contribution < 1.29 is 9.84 Å². The van der Waals surface area contributed by atoms with E-state index in [1.54, 1.807) is 13.0 Å². The van der Waals surface area contributed by atoms with Crippen LogP contribution in [0, 0.1) is 0 Å². The third-order valence-electron chi connectivity index (χ3n) is 2.61. The van der Waals surface area contributed by atoms with Gasteiger partial charge in [0.05, 0.1) is 12.2 Å². The van der Waals surface area contributed by atoms with Crippen LogP contribution >= 0.6 is 0 Å². The van der Waals surface area contributed by atoms with Crippen molar-refractivity contribution in [3.8, 4) is 5.75 Å². The zero-order chi connectivity index (χ0) is 12.0. The lowest BCUT2D eigenvalue weighted by Crippen LogP contribution is -2.21. The summed E-state index contributed by atoms with van der Waals surface area (Å²) in [5.74, 6) is 0.907. The van der Waals surface area contributed by atoms with E-state index in [9.17, 15) is 5.11 Å². The van der Waals surface area contributed by atoms with Gasteiger partial charge in [0.2, 0.25) is 0 Å². The van der Waals surface area contributed by atoms with Crippen molar-refractivity contribution in [2.45, 2.75) is 32.3 Å². The maximum atomic E-state index is 9.85. The van der Waals surface area contributed by atoms with Crippen LogP contribution in [0.1, 0.15) is 25.8 Å². The molecule has 0 amide bonds. The van der Waals surface area contributed by atoms with E-state index in [1.807, 2.05) is 31.2 Å². The average molecular weight is 220 g/mol. The molecule has 1 aromatic rings. The van der Waals surface area contributed by atoms with Gasteiger partial charge in [-0.2, -0.15) is 0 Å². The van der Waals surface area contributed by atoms with E-state index in [1.165, 1.54) is 0 Å². The average Bonchev–Trinajstić information content (AvgIpc) is 2.28. The van der Waals surface area contributed by atoms with Gasteiger partial charge >= 0.3 is 0 Å². The highest BCUT2D eigenvalue weighted by atomic mass is 16.5. The van der Waals surface area contributed by atoms with Crippen molar-refractivity contribution in [1.29, 1.82) is 0 Å². The van der Waals surface area contributed by atoms with E-state index in [-0.39, 0.29) is 0 Å². The van der Waals surface area contributed by atoms with Crippen LogP contribution in [-0.4, -0.2) is 17.3 Å². The quantitative estimate of drug-likeness (QED) is 0.747. The number of aliphatic hydroxyl groups is 1. The minimum absolute atomic E-state index is 0.653. The summed E-state index contributed by atoms with van der Waals surface area (Å²) in [5.41, 5.74) is 0.325. The summed E-state index contributed by atoms with van der Waals surface area (Å²) >= 11 is 0. The van der Waals surface area contributed by atoms with Crippen molar-refractivity contribution in [2.75, 3.05) is 6.61 Å². The lowest BCUT2D eigenvalue weighted by Gasteiger charge is -2.19. The minimum atomic E-state index is -0.806. The van der Waals surface area contributed by atoms with Crippen molar-refractivity contribution in [3.05, 3.63) is 42.5 Å². The Kier molecular flexibility index (Phi) is 4.56. The Labute approximate surface area is 97.6 Å². The molecule has 0 aliphatic heterocycles. The number of ether oxygens (including phenoxy) is 1. The highest BCUT2D eigenvalue weighted by molar-refractivity contribution is 5.33. The molecule has 16 heavy (non-hydrogen) atoms. The largest absolute Gasteiger partial charge is 0.494 e. The van der Waals surface area contributed by atoms with Crippen molar-refractivity contribution in [3.63, 3.8) is 0 Å². The molecule has 1 rings (SSSR count). The number of hydrogen-bond acceptors (Lipinski definition) is 2.